The number of aliphatic hydroxyl groups excluding tert-OH is 1. The van der Waals surface area contributed by atoms with E-state index in [2.05, 4.69) is 5.32 Å². The van der Waals surface area contributed by atoms with Crippen LogP contribution in [-0.2, 0) is 0 Å². The number of nitrogens with zero attached hydrogens (tertiary/aromatic N) is 1. The number of aliphatic hydroxyl groups is 1. The van der Waals surface area contributed by atoms with Crippen molar-refractivity contribution in [1.29, 1.82) is 0 Å². The zero-order chi connectivity index (χ0) is 13.0. The third-order valence-corrected chi connectivity index (χ3v) is 3.58. The second kappa shape index (κ2) is 5.87. The van der Waals surface area contributed by atoms with Crippen LogP contribution in [0.25, 0.3) is 0 Å². The molecule has 1 heterocycles. The smallest absolute Gasteiger partial charge is 0.253 e. The number of carbonyl (C=O) groups is 1. The van der Waals surface area contributed by atoms with E-state index >= 15 is 0 Å². The fourth-order valence-electron chi connectivity index (χ4n) is 2.28. The summed E-state index contributed by atoms with van der Waals surface area (Å²) >= 11 is 0. The normalized spacial score (nSPS) is 16.7. The lowest BCUT2D eigenvalue weighted by Gasteiger charge is -2.31. The Balaban J connectivity index is 1.98. The molecule has 1 fully saturated rings. The van der Waals surface area contributed by atoms with Crippen molar-refractivity contribution in [2.75, 3.05) is 32.1 Å². The van der Waals surface area contributed by atoms with Gasteiger partial charge in [0.05, 0.1) is 0 Å². The van der Waals surface area contributed by atoms with Crippen molar-refractivity contribution in [3.05, 3.63) is 29.8 Å². The third kappa shape index (κ3) is 2.82. The first kappa shape index (κ1) is 12.9. The van der Waals surface area contributed by atoms with Crippen LogP contribution in [0.3, 0.4) is 0 Å². The van der Waals surface area contributed by atoms with Crippen LogP contribution < -0.4 is 5.32 Å². The van der Waals surface area contributed by atoms with Gasteiger partial charge in [-0.15, -0.1) is 0 Å². The fourth-order valence-corrected chi connectivity index (χ4v) is 2.28. The second-order valence-corrected chi connectivity index (χ2v) is 4.75. The molecule has 4 heteroatoms. The highest BCUT2D eigenvalue weighted by molar-refractivity contribution is 5.94. The lowest BCUT2D eigenvalue weighted by molar-refractivity contribution is 0.0651. The molecule has 0 aromatic heterocycles. The van der Waals surface area contributed by atoms with E-state index in [0.717, 1.165) is 37.2 Å². The third-order valence-electron chi connectivity index (χ3n) is 3.58. The molecule has 0 saturated carbocycles. The quantitative estimate of drug-likeness (QED) is 0.853. The number of anilines is 1. The maximum absolute atomic E-state index is 12.2. The molecule has 1 amide bonds. The van der Waals surface area contributed by atoms with Gasteiger partial charge in [0, 0.05) is 38.0 Å². The molecule has 0 atom stereocenters. The number of nitrogens with one attached hydrogen (secondary N) is 1. The van der Waals surface area contributed by atoms with Gasteiger partial charge in [-0.05, 0) is 43.0 Å². The summed E-state index contributed by atoms with van der Waals surface area (Å²) in [5.41, 5.74) is 1.74. The summed E-state index contributed by atoms with van der Waals surface area (Å²) in [4.78, 5) is 14.1. The number of carbonyl (C=O) groups excluding carboxylic acids is 1. The average Bonchev–Trinajstić information content (AvgIpc) is 2.47. The first-order valence-corrected chi connectivity index (χ1v) is 6.42. The Morgan fingerprint density at radius 3 is 2.44 bits per heavy atom. The molecule has 1 saturated heterocycles. The highest BCUT2D eigenvalue weighted by Crippen LogP contribution is 2.19. The number of piperidine rings is 1. The summed E-state index contributed by atoms with van der Waals surface area (Å²) in [6.07, 6.45) is 1.80. The summed E-state index contributed by atoms with van der Waals surface area (Å²) in [7, 11) is 1.86. The average molecular weight is 248 g/mol. The van der Waals surface area contributed by atoms with Gasteiger partial charge in [0.2, 0.25) is 0 Å². The Bertz CT molecular complexity index is 395. The van der Waals surface area contributed by atoms with Gasteiger partial charge in [-0.25, -0.2) is 0 Å². The Labute approximate surface area is 108 Å². The Morgan fingerprint density at radius 1 is 1.33 bits per heavy atom. The minimum Gasteiger partial charge on any atom is -0.396 e. The Morgan fingerprint density at radius 2 is 1.94 bits per heavy atom. The molecule has 1 aromatic carbocycles. The number of hydrogen-bond donors (Lipinski definition) is 2. The van der Waals surface area contributed by atoms with Crippen molar-refractivity contribution in [3.8, 4) is 0 Å². The van der Waals surface area contributed by atoms with E-state index in [1.165, 1.54) is 0 Å². The van der Waals surface area contributed by atoms with Gasteiger partial charge in [0.1, 0.15) is 0 Å². The van der Waals surface area contributed by atoms with Gasteiger partial charge in [-0.1, -0.05) is 0 Å². The summed E-state index contributed by atoms with van der Waals surface area (Å²) in [6, 6.07) is 7.53. The molecule has 0 bridgehead atoms. The zero-order valence-electron chi connectivity index (χ0n) is 10.7. The molecule has 1 aliphatic heterocycles. The standard InChI is InChI=1S/C14H20N2O2/c1-15-13-4-2-12(3-5-13)14(18)16-8-6-11(10-17)7-9-16/h2-5,11,15,17H,6-10H2,1H3. The van der Waals surface area contributed by atoms with Gasteiger partial charge in [0.15, 0.2) is 0 Å². The number of rotatable bonds is 3. The summed E-state index contributed by atoms with van der Waals surface area (Å²) < 4.78 is 0. The van der Waals surface area contributed by atoms with E-state index in [9.17, 15) is 4.79 Å². The first-order valence-electron chi connectivity index (χ1n) is 6.42. The molecule has 1 aromatic rings. The second-order valence-electron chi connectivity index (χ2n) is 4.75. The molecule has 2 N–H and O–H groups in total. The van der Waals surface area contributed by atoms with Crippen LogP contribution in [0.15, 0.2) is 24.3 Å². The van der Waals surface area contributed by atoms with Crippen LogP contribution in [0, 0.1) is 5.92 Å². The molecule has 0 unspecified atom stereocenters. The van der Waals surface area contributed by atoms with Crippen molar-refractivity contribution >= 4 is 11.6 Å². The number of benzene rings is 1. The molecule has 18 heavy (non-hydrogen) atoms. The molecule has 0 radical (unpaired) electrons. The molecule has 98 valence electrons. The highest BCUT2D eigenvalue weighted by atomic mass is 16.3. The molecular weight excluding hydrogens is 228 g/mol. The van der Waals surface area contributed by atoms with Gasteiger partial charge in [-0.2, -0.15) is 0 Å². The predicted molar refractivity (Wildman–Crippen MR) is 71.7 cm³/mol. The number of amides is 1. The van der Waals surface area contributed by atoms with Crippen LogP contribution in [0.4, 0.5) is 5.69 Å². The van der Waals surface area contributed by atoms with E-state index < -0.39 is 0 Å². The summed E-state index contributed by atoms with van der Waals surface area (Å²) in [5, 5.41) is 12.1. The van der Waals surface area contributed by atoms with Gasteiger partial charge in [-0.3, -0.25) is 4.79 Å². The molecule has 1 aliphatic rings. The zero-order valence-corrected chi connectivity index (χ0v) is 10.7. The SMILES string of the molecule is CNc1ccc(C(=O)N2CCC(CO)CC2)cc1. The number of hydrogen-bond acceptors (Lipinski definition) is 3. The molecule has 2 rings (SSSR count). The van der Waals surface area contributed by atoms with Crippen molar-refractivity contribution in [3.63, 3.8) is 0 Å². The van der Waals surface area contributed by atoms with Crippen molar-refractivity contribution < 1.29 is 9.90 Å². The van der Waals surface area contributed by atoms with Crippen molar-refractivity contribution in [2.24, 2.45) is 5.92 Å². The van der Waals surface area contributed by atoms with Crippen molar-refractivity contribution in [1.82, 2.24) is 4.90 Å². The van der Waals surface area contributed by atoms with Crippen LogP contribution in [0.5, 0.6) is 0 Å². The monoisotopic (exact) mass is 248 g/mol. The lowest BCUT2D eigenvalue weighted by atomic mass is 9.97. The minimum atomic E-state index is 0.0917. The van der Waals surface area contributed by atoms with Crippen molar-refractivity contribution in [2.45, 2.75) is 12.8 Å². The largest absolute Gasteiger partial charge is 0.396 e. The van der Waals surface area contributed by atoms with E-state index in [-0.39, 0.29) is 12.5 Å². The van der Waals surface area contributed by atoms with Gasteiger partial charge < -0.3 is 15.3 Å². The maximum Gasteiger partial charge on any atom is 0.253 e. The molecule has 0 spiro atoms. The Kier molecular flexibility index (Phi) is 4.20. The van der Waals surface area contributed by atoms with Gasteiger partial charge >= 0.3 is 0 Å². The highest BCUT2D eigenvalue weighted by Gasteiger charge is 2.22. The minimum absolute atomic E-state index is 0.0917. The molecular formula is C14H20N2O2. The van der Waals surface area contributed by atoms with E-state index in [4.69, 9.17) is 5.11 Å². The maximum atomic E-state index is 12.2. The van der Waals surface area contributed by atoms with E-state index in [0.29, 0.717) is 5.92 Å². The van der Waals surface area contributed by atoms with E-state index in [1.807, 2.05) is 36.2 Å². The summed E-state index contributed by atoms with van der Waals surface area (Å²) in [6.45, 7) is 1.73. The Hall–Kier alpha value is -1.55. The first-order chi connectivity index (χ1) is 8.74. The topological polar surface area (TPSA) is 52.6 Å². The summed E-state index contributed by atoms with van der Waals surface area (Å²) in [5.74, 6) is 0.453. The molecule has 4 nitrogen and oxygen atoms in total. The van der Waals surface area contributed by atoms with Crippen LogP contribution >= 0.6 is 0 Å². The van der Waals surface area contributed by atoms with Crippen LogP contribution in [0.1, 0.15) is 23.2 Å². The van der Waals surface area contributed by atoms with Crippen LogP contribution in [-0.4, -0.2) is 42.7 Å². The van der Waals surface area contributed by atoms with E-state index in [1.54, 1.807) is 0 Å². The number of likely N-dealkylation sites (tertiary alicyclic amines) is 1. The van der Waals surface area contributed by atoms with Gasteiger partial charge in [0.25, 0.3) is 5.91 Å². The predicted octanol–water partition coefficient (Wildman–Crippen LogP) is 1.57. The van der Waals surface area contributed by atoms with Crippen LogP contribution in [0.2, 0.25) is 0 Å². The fraction of sp³-hybridized carbons (Fsp3) is 0.500. The lowest BCUT2D eigenvalue weighted by Crippen LogP contribution is -2.39. The molecule has 0 aliphatic carbocycles.